The second-order valence-electron chi connectivity index (χ2n) is 5.85. The van der Waals surface area contributed by atoms with Crippen molar-refractivity contribution in [3.05, 3.63) is 48.0 Å². The van der Waals surface area contributed by atoms with Gasteiger partial charge in [-0.1, -0.05) is 17.3 Å². The number of benzene rings is 1. The lowest BCUT2D eigenvalue weighted by Crippen LogP contribution is -2.46. The third-order valence-corrected chi connectivity index (χ3v) is 4.28. The predicted molar refractivity (Wildman–Crippen MR) is 88.3 cm³/mol. The normalized spacial score (nSPS) is 16.1. The molecule has 3 heterocycles. The van der Waals surface area contributed by atoms with E-state index in [-0.39, 0.29) is 0 Å². The van der Waals surface area contributed by atoms with Crippen LogP contribution in [0.3, 0.4) is 0 Å². The van der Waals surface area contributed by atoms with Crippen molar-refractivity contribution in [2.24, 2.45) is 0 Å². The molecule has 0 bridgehead atoms. The fourth-order valence-corrected chi connectivity index (χ4v) is 3.02. The van der Waals surface area contributed by atoms with E-state index in [9.17, 15) is 0 Å². The highest BCUT2D eigenvalue weighted by molar-refractivity contribution is 5.79. The molecule has 6 nitrogen and oxygen atoms in total. The number of piperazine rings is 1. The van der Waals surface area contributed by atoms with Gasteiger partial charge in [0, 0.05) is 44.3 Å². The summed E-state index contributed by atoms with van der Waals surface area (Å²) in [6.45, 7) is 6.66. The minimum Gasteiger partial charge on any atom is -0.356 e. The summed E-state index contributed by atoms with van der Waals surface area (Å²) in [6.07, 6.45) is 1.82. The van der Waals surface area contributed by atoms with Crippen LogP contribution in [-0.2, 0) is 6.54 Å². The quantitative estimate of drug-likeness (QED) is 0.739. The molecule has 6 heteroatoms. The highest BCUT2D eigenvalue weighted by Crippen LogP contribution is 2.20. The van der Waals surface area contributed by atoms with Crippen molar-refractivity contribution < 1.29 is 4.52 Å². The number of hydrogen-bond acceptors (Lipinski definition) is 6. The zero-order valence-corrected chi connectivity index (χ0v) is 13.1. The average Bonchev–Trinajstić information content (AvgIpc) is 2.99. The molecule has 3 aromatic rings. The van der Waals surface area contributed by atoms with Crippen molar-refractivity contribution in [2.75, 3.05) is 31.1 Å². The minimum absolute atomic E-state index is 0.819. The smallest absolute Gasteiger partial charge is 0.167 e. The molecule has 2 aromatic heterocycles. The maximum atomic E-state index is 5.39. The molecular weight excluding hydrogens is 290 g/mol. The van der Waals surface area contributed by atoms with E-state index in [1.807, 2.05) is 37.4 Å². The average molecular weight is 309 g/mol. The third kappa shape index (κ3) is 2.90. The summed E-state index contributed by atoms with van der Waals surface area (Å²) in [5, 5.41) is 5.34. The number of hydrogen-bond donors (Lipinski definition) is 0. The standard InChI is InChI=1S/C17H19N5O/c1-13-18-7-6-17(19-13)22-10-8-21(9-11-22)12-15-14-4-2-3-5-16(14)23-20-15/h2-7H,8-12H2,1H3. The number of fused-ring (bicyclic) bond motifs is 1. The number of rotatable bonds is 3. The maximum absolute atomic E-state index is 5.39. The van der Waals surface area contributed by atoms with Crippen LogP contribution < -0.4 is 4.90 Å². The first-order valence-electron chi connectivity index (χ1n) is 7.90. The second-order valence-corrected chi connectivity index (χ2v) is 5.85. The van der Waals surface area contributed by atoms with Gasteiger partial charge in [0.2, 0.25) is 0 Å². The molecular formula is C17H19N5O. The summed E-state index contributed by atoms with van der Waals surface area (Å²) in [5.41, 5.74) is 1.88. The van der Waals surface area contributed by atoms with Gasteiger partial charge in [-0.25, -0.2) is 9.97 Å². The maximum Gasteiger partial charge on any atom is 0.167 e. The van der Waals surface area contributed by atoms with Crippen molar-refractivity contribution in [3.8, 4) is 0 Å². The van der Waals surface area contributed by atoms with Crippen molar-refractivity contribution in [2.45, 2.75) is 13.5 Å². The van der Waals surface area contributed by atoms with Crippen LogP contribution >= 0.6 is 0 Å². The van der Waals surface area contributed by atoms with Crippen molar-refractivity contribution >= 4 is 16.8 Å². The Hall–Kier alpha value is -2.47. The number of aromatic nitrogens is 3. The lowest BCUT2D eigenvalue weighted by atomic mass is 10.2. The van der Waals surface area contributed by atoms with Crippen molar-refractivity contribution in [3.63, 3.8) is 0 Å². The fourth-order valence-electron chi connectivity index (χ4n) is 3.02. The van der Waals surface area contributed by atoms with Crippen LogP contribution in [0.1, 0.15) is 11.5 Å². The lowest BCUT2D eigenvalue weighted by molar-refractivity contribution is 0.243. The molecule has 0 spiro atoms. The Morgan fingerprint density at radius 3 is 2.74 bits per heavy atom. The van der Waals surface area contributed by atoms with Crippen molar-refractivity contribution in [1.82, 2.24) is 20.0 Å². The number of aryl methyl sites for hydroxylation is 1. The molecule has 0 amide bonds. The van der Waals surface area contributed by atoms with Crippen LogP contribution in [0.25, 0.3) is 11.0 Å². The largest absolute Gasteiger partial charge is 0.356 e. The van der Waals surface area contributed by atoms with Gasteiger partial charge in [0.05, 0.1) is 0 Å². The van der Waals surface area contributed by atoms with Gasteiger partial charge in [-0.3, -0.25) is 4.90 Å². The van der Waals surface area contributed by atoms with E-state index in [0.717, 1.165) is 61.0 Å². The van der Waals surface area contributed by atoms with Crippen LogP contribution in [0, 0.1) is 6.92 Å². The summed E-state index contributed by atoms with van der Waals surface area (Å²) in [4.78, 5) is 13.4. The first-order valence-corrected chi connectivity index (χ1v) is 7.90. The SMILES string of the molecule is Cc1nccc(N2CCN(Cc3noc4ccccc34)CC2)n1. The molecule has 0 saturated carbocycles. The molecule has 0 radical (unpaired) electrons. The third-order valence-electron chi connectivity index (χ3n) is 4.28. The summed E-state index contributed by atoms with van der Waals surface area (Å²) in [6, 6.07) is 10.0. The molecule has 1 fully saturated rings. The van der Waals surface area contributed by atoms with Gasteiger partial charge in [0.1, 0.15) is 17.3 Å². The molecule has 4 rings (SSSR count). The van der Waals surface area contributed by atoms with Gasteiger partial charge >= 0.3 is 0 Å². The molecule has 0 N–H and O–H groups in total. The van der Waals surface area contributed by atoms with Gasteiger partial charge in [-0.05, 0) is 25.1 Å². The van der Waals surface area contributed by atoms with E-state index >= 15 is 0 Å². The molecule has 1 aromatic carbocycles. The van der Waals surface area contributed by atoms with E-state index in [0.29, 0.717) is 0 Å². The Kier molecular flexibility index (Phi) is 3.67. The topological polar surface area (TPSA) is 58.3 Å². The zero-order chi connectivity index (χ0) is 15.6. The van der Waals surface area contributed by atoms with E-state index < -0.39 is 0 Å². The predicted octanol–water partition coefficient (Wildman–Crippen LogP) is 2.25. The Morgan fingerprint density at radius 1 is 1.09 bits per heavy atom. The molecule has 23 heavy (non-hydrogen) atoms. The molecule has 1 aliphatic rings. The number of para-hydroxylation sites is 1. The summed E-state index contributed by atoms with van der Waals surface area (Å²) >= 11 is 0. The highest BCUT2D eigenvalue weighted by atomic mass is 16.5. The fraction of sp³-hybridized carbons (Fsp3) is 0.353. The van der Waals surface area contributed by atoms with E-state index in [1.54, 1.807) is 0 Å². The van der Waals surface area contributed by atoms with E-state index in [1.165, 1.54) is 0 Å². The lowest BCUT2D eigenvalue weighted by Gasteiger charge is -2.35. The highest BCUT2D eigenvalue weighted by Gasteiger charge is 2.20. The minimum atomic E-state index is 0.819. The Labute approximate surface area is 134 Å². The Bertz CT molecular complexity index is 807. The van der Waals surface area contributed by atoms with Gasteiger partial charge in [-0.15, -0.1) is 0 Å². The first kappa shape index (κ1) is 14.1. The molecule has 0 aliphatic carbocycles. The van der Waals surface area contributed by atoms with Gasteiger partial charge in [0.15, 0.2) is 5.58 Å². The summed E-state index contributed by atoms with van der Waals surface area (Å²) in [7, 11) is 0. The molecule has 1 saturated heterocycles. The molecule has 0 atom stereocenters. The molecule has 1 aliphatic heterocycles. The van der Waals surface area contributed by atoms with E-state index in [2.05, 4.69) is 31.0 Å². The molecule has 0 unspecified atom stereocenters. The van der Waals surface area contributed by atoms with E-state index in [4.69, 9.17) is 4.52 Å². The van der Waals surface area contributed by atoms with Crippen LogP contribution in [0.2, 0.25) is 0 Å². The van der Waals surface area contributed by atoms with Gasteiger partial charge < -0.3 is 9.42 Å². The Balaban J connectivity index is 1.42. The number of nitrogens with zero attached hydrogens (tertiary/aromatic N) is 5. The van der Waals surface area contributed by atoms with Gasteiger partial charge in [-0.2, -0.15) is 0 Å². The first-order chi connectivity index (χ1) is 11.3. The summed E-state index contributed by atoms with van der Waals surface area (Å²) < 4.78 is 5.39. The second kappa shape index (κ2) is 5.96. The Morgan fingerprint density at radius 2 is 1.91 bits per heavy atom. The number of anilines is 1. The van der Waals surface area contributed by atoms with Crippen LogP contribution in [0.15, 0.2) is 41.1 Å². The zero-order valence-electron chi connectivity index (χ0n) is 13.1. The van der Waals surface area contributed by atoms with Crippen molar-refractivity contribution in [1.29, 1.82) is 0 Å². The monoisotopic (exact) mass is 309 g/mol. The van der Waals surface area contributed by atoms with Gasteiger partial charge in [0.25, 0.3) is 0 Å². The van der Waals surface area contributed by atoms with Crippen LogP contribution in [-0.4, -0.2) is 46.2 Å². The van der Waals surface area contributed by atoms with Crippen LogP contribution in [0.5, 0.6) is 0 Å². The molecule has 118 valence electrons. The van der Waals surface area contributed by atoms with Crippen LogP contribution in [0.4, 0.5) is 5.82 Å². The summed E-state index contributed by atoms with van der Waals surface area (Å²) in [5.74, 6) is 1.84.